The molecule has 0 saturated carbocycles. The van der Waals surface area contributed by atoms with E-state index in [1.165, 1.54) is 7.11 Å². The predicted octanol–water partition coefficient (Wildman–Crippen LogP) is 3.04. The second kappa shape index (κ2) is 8.73. The molecule has 2 aromatic heterocycles. The summed E-state index contributed by atoms with van der Waals surface area (Å²) in [5.41, 5.74) is 2.31. The van der Waals surface area contributed by atoms with Crippen LogP contribution in [0.1, 0.15) is 35.2 Å². The number of benzene rings is 1. The molecule has 2 amide bonds. The minimum absolute atomic E-state index is 0.0399. The number of likely N-dealkylation sites (tertiary alicyclic amines) is 1. The molecule has 2 fully saturated rings. The number of esters is 1. The fraction of sp³-hybridized carbons (Fsp3) is 0.417. The van der Waals surface area contributed by atoms with Crippen LogP contribution in [0.2, 0.25) is 0 Å². The Morgan fingerprint density at radius 1 is 1.12 bits per heavy atom. The molecule has 2 aliphatic rings. The molecule has 0 aliphatic carbocycles. The quantitative estimate of drug-likeness (QED) is 0.617. The predicted molar refractivity (Wildman–Crippen MR) is 124 cm³/mol. The smallest absolute Gasteiger partial charge is 0.337 e. The second-order valence-electron chi connectivity index (χ2n) is 8.72. The lowest BCUT2D eigenvalue weighted by molar-refractivity contribution is 0.0600. The average Bonchev–Trinajstić information content (AvgIpc) is 3.50. The van der Waals surface area contributed by atoms with Crippen molar-refractivity contribution in [2.45, 2.75) is 37.9 Å². The molecule has 0 unspecified atom stereocenters. The van der Waals surface area contributed by atoms with Gasteiger partial charge in [0.15, 0.2) is 0 Å². The molecular weight excluding hydrogens is 420 g/mol. The van der Waals surface area contributed by atoms with Crippen LogP contribution in [0.5, 0.6) is 0 Å². The van der Waals surface area contributed by atoms with Crippen molar-refractivity contribution in [2.24, 2.45) is 0 Å². The molecular formula is C24H28N6O3. The van der Waals surface area contributed by atoms with Crippen LogP contribution in [-0.2, 0) is 11.3 Å². The van der Waals surface area contributed by atoms with E-state index in [-0.39, 0.29) is 24.1 Å². The van der Waals surface area contributed by atoms with Crippen molar-refractivity contribution in [3.63, 3.8) is 0 Å². The Bertz CT molecular complexity index is 1160. The van der Waals surface area contributed by atoms with Crippen LogP contribution in [0.25, 0.3) is 11.0 Å². The number of H-pyrrole nitrogens is 1. The number of urea groups is 1. The largest absolute Gasteiger partial charge is 0.465 e. The summed E-state index contributed by atoms with van der Waals surface area (Å²) in [6.45, 7) is 2.12. The number of aromatic amines is 1. The third-order valence-electron chi connectivity index (χ3n) is 6.78. The van der Waals surface area contributed by atoms with E-state index in [0.29, 0.717) is 12.1 Å². The first kappa shape index (κ1) is 21.2. The van der Waals surface area contributed by atoms with Gasteiger partial charge in [0.05, 0.1) is 30.1 Å². The van der Waals surface area contributed by atoms with Crippen LogP contribution in [0, 0.1) is 0 Å². The highest BCUT2D eigenvalue weighted by molar-refractivity contribution is 5.89. The van der Waals surface area contributed by atoms with E-state index >= 15 is 0 Å². The van der Waals surface area contributed by atoms with Crippen LogP contribution in [0.3, 0.4) is 0 Å². The van der Waals surface area contributed by atoms with E-state index in [1.807, 2.05) is 36.3 Å². The zero-order chi connectivity index (χ0) is 22.9. The van der Waals surface area contributed by atoms with Gasteiger partial charge in [-0.15, -0.1) is 0 Å². The van der Waals surface area contributed by atoms with Crippen molar-refractivity contribution in [1.29, 1.82) is 0 Å². The number of anilines is 1. The molecule has 2 saturated heterocycles. The number of rotatable bonds is 4. The molecule has 0 radical (unpaired) electrons. The zero-order valence-corrected chi connectivity index (χ0v) is 18.9. The summed E-state index contributed by atoms with van der Waals surface area (Å²) >= 11 is 0. The Morgan fingerprint density at radius 2 is 1.94 bits per heavy atom. The van der Waals surface area contributed by atoms with Crippen LogP contribution >= 0.6 is 0 Å². The topological polar surface area (TPSA) is 94.7 Å². The summed E-state index contributed by atoms with van der Waals surface area (Å²) in [5, 5.41) is 1.02. The molecule has 0 spiro atoms. The van der Waals surface area contributed by atoms with Gasteiger partial charge in [0.2, 0.25) is 0 Å². The Hall–Kier alpha value is -3.62. The summed E-state index contributed by atoms with van der Waals surface area (Å²) in [6.07, 6.45) is 6.43. The standard InChI is InChI=1S/C24H28N6O3/c1-28(14-16-5-7-17(8-6-16)23(31)33-2)24(32)30-12-3-4-19-20(30)10-13-29(19)22-18-9-11-25-21(18)26-15-27-22/h5-9,11,15,19-20H,3-4,10,12-14H2,1-2H3,(H,25,26,27)/t19-,20-/m1/s1. The van der Waals surface area contributed by atoms with Gasteiger partial charge in [-0.1, -0.05) is 12.1 Å². The lowest BCUT2D eigenvalue weighted by atomic mass is 9.97. The third-order valence-corrected chi connectivity index (χ3v) is 6.78. The molecule has 9 heteroatoms. The Morgan fingerprint density at radius 3 is 2.73 bits per heavy atom. The highest BCUT2D eigenvalue weighted by Gasteiger charge is 2.43. The summed E-state index contributed by atoms with van der Waals surface area (Å²) in [5.74, 6) is 0.582. The number of piperidine rings is 1. The van der Waals surface area contributed by atoms with Gasteiger partial charge in [0.1, 0.15) is 17.8 Å². The van der Waals surface area contributed by atoms with Crippen LogP contribution in [0.4, 0.5) is 10.6 Å². The fourth-order valence-corrected chi connectivity index (χ4v) is 5.20. The summed E-state index contributed by atoms with van der Waals surface area (Å²) in [4.78, 5) is 43.3. The molecule has 2 aliphatic heterocycles. The van der Waals surface area contributed by atoms with E-state index in [9.17, 15) is 9.59 Å². The number of hydrogen-bond donors (Lipinski definition) is 1. The van der Waals surface area contributed by atoms with Gasteiger partial charge in [-0.2, -0.15) is 0 Å². The zero-order valence-electron chi connectivity index (χ0n) is 18.9. The first-order chi connectivity index (χ1) is 16.1. The monoisotopic (exact) mass is 448 g/mol. The maximum absolute atomic E-state index is 13.4. The molecule has 1 N–H and O–H groups in total. The molecule has 33 heavy (non-hydrogen) atoms. The van der Waals surface area contributed by atoms with E-state index < -0.39 is 0 Å². The minimum atomic E-state index is -0.364. The van der Waals surface area contributed by atoms with Gasteiger partial charge in [0, 0.05) is 32.9 Å². The summed E-state index contributed by atoms with van der Waals surface area (Å²) in [6, 6.07) is 9.67. The summed E-state index contributed by atoms with van der Waals surface area (Å²) in [7, 11) is 3.20. The number of nitrogens with zero attached hydrogens (tertiary/aromatic N) is 5. The second-order valence-corrected chi connectivity index (χ2v) is 8.72. The number of amides is 2. The number of carbonyl (C=O) groups is 2. The van der Waals surface area contributed by atoms with Crippen molar-refractivity contribution in [2.75, 3.05) is 32.1 Å². The van der Waals surface area contributed by atoms with Gasteiger partial charge >= 0.3 is 12.0 Å². The number of ether oxygens (including phenoxy) is 1. The molecule has 0 bridgehead atoms. The first-order valence-electron chi connectivity index (χ1n) is 11.3. The van der Waals surface area contributed by atoms with E-state index in [0.717, 1.165) is 54.8 Å². The molecule has 9 nitrogen and oxygen atoms in total. The lowest BCUT2D eigenvalue weighted by Crippen LogP contribution is -2.55. The number of fused-ring (bicyclic) bond motifs is 2. The Labute approximate surface area is 192 Å². The third kappa shape index (κ3) is 3.88. The molecule has 2 atom stereocenters. The number of nitrogens with one attached hydrogen (secondary N) is 1. The van der Waals surface area contributed by atoms with Gasteiger partial charge in [-0.05, 0) is 43.0 Å². The SMILES string of the molecule is COC(=O)c1ccc(CN(C)C(=O)N2CCC[C@@H]3[C@H]2CCN3c2ncnc3[nH]ccc23)cc1. The number of hydrogen-bond acceptors (Lipinski definition) is 6. The maximum atomic E-state index is 13.4. The van der Waals surface area contributed by atoms with E-state index in [2.05, 4.69) is 19.9 Å². The number of methoxy groups -OCH3 is 1. The minimum Gasteiger partial charge on any atom is -0.465 e. The van der Waals surface area contributed by atoms with Crippen LogP contribution in [0.15, 0.2) is 42.9 Å². The van der Waals surface area contributed by atoms with Gasteiger partial charge in [0.25, 0.3) is 0 Å². The number of aromatic nitrogens is 3. The normalized spacial score (nSPS) is 20.1. The fourth-order valence-electron chi connectivity index (χ4n) is 5.20. The van der Waals surface area contributed by atoms with Gasteiger partial charge in [-0.25, -0.2) is 19.6 Å². The van der Waals surface area contributed by atoms with E-state index in [4.69, 9.17) is 4.74 Å². The number of carbonyl (C=O) groups excluding carboxylic acids is 2. The molecule has 4 heterocycles. The Kier molecular flexibility index (Phi) is 5.62. The average molecular weight is 449 g/mol. The van der Waals surface area contributed by atoms with Crippen molar-refractivity contribution in [3.05, 3.63) is 54.0 Å². The summed E-state index contributed by atoms with van der Waals surface area (Å²) < 4.78 is 4.75. The van der Waals surface area contributed by atoms with Crippen molar-refractivity contribution < 1.29 is 14.3 Å². The maximum Gasteiger partial charge on any atom is 0.337 e. The van der Waals surface area contributed by atoms with Crippen molar-refractivity contribution in [3.8, 4) is 0 Å². The van der Waals surface area contributed by atoms with Crippen LogP contribution in [-0.4, -0.2) is 76.1 Å². The Balaban J connectivity index is 1.29. The molecule has 1 aromatic carbocycles. The molecule has 172 valence electrons. The lowest BCUT2D eigenvalue weighted by Gasteiger charge is -2.41. The molecule has 3 aromatic rings. The van der Waals surface area contributed by atoms with Gasteiger partial charge in [-0.3, -0.25) is 0 Å². The first-order valence-corrected chi connectivity index (χ1v) is 11.3. The highest BCUT2D eigenvalue weighted by atomic mass is 16.5. The highest BCUT2D eigenvalue weighted by Crippen LogP contribution is 2.36. The van der Waals surface area contributed by atoms with Crippen molar-refractivity contribution >= 4 is 28.9 Å². The molecule has 5 rings (SSSR count). The van der Waals surface area contributed by atoms with Gasteiger partial charge < -0.3 is 24.4 Å². The van der Waals surface area contributed by atoms with Crippen LogP contribution < -0.4 is 4.90 Å². The van der Waals surface area contributed by atoms with Crippen molar-refractivity contribution in [1.82, 2.24) is 24.8 Å². The van der Waals surface area contributed by atoms with E-state index in [1.54, 1.807) is 23.4 Å².